The molecule has 10 heteroatoms. The highest BCUT2D eigenvalue weighted by Crippen LogP contribution is 2.25. The molecule has 2 aromatic rings. The van der Waals surface area contributed by atoms with Gasteiger partial charge in [0.25, 0.3) is 0 Å². The van der Waals surface area contributed by atoms with E-state index in [0.29, 0.717) is 20.9 Å². The Bertz CT molecular complexity index is 530. The van der Waals surface area contributed by atoms with Crippen LogP contribution in [-0.4, -0.2) is 35.0 Å². The van der Waals surface area contributed by atoms with Crippen LogP contribution in [0.3, 0.4) is 0 Å². The van der Waals surface area contributed by atoms with Gasteiger partial charge in [-0.1, -0.05) is 16.4 Å². The fourth-order valence-corrected chi connectivity index (χ4v) is 1.05. The SMILES string of the molecule is O=P(O)(O)O.On1nnc2ccc(Cl)cc21. The van der Waals surface area contributed by atoms with Crippen molar-refractivity contribution < 1.29 is 24.5 Å². The van der Waals surface area contributed by atoms with Crippen LogP contribution < -0.4 is 0 Å². The molecule has 0 spiro atoms. The number of halogens is 1. The van der Waals surface area contributed by atoms with Gasteiger partial charge in [-0.25, -0.2) is 4.57 Å². The molecule has 0 aliphatic heterocycles. The maximum atomic E-state index is 9.02. The third-order valence-corrected chi connectivity index (χ3v) is 1.63. The number of aromatic nitrogens is 3. The second-order valence-corrected chi connectivity index (χ2v) is 4.09. The fraction of sp³-hybridized carbons (Fsp3) is 0. The average Bonchev–Trinajstić information content (AvgIpc) is 2.45. The summed E-state index contributed by atoms with van der Waals surface area (Å²) in [5, 5.41) is 16.6. The summed E-state index contributed by atoms with van der Waals surface area (Å²) < 4.78 is 8.88. The van der Waals surface area contributed by atoms with E-state index in [1.165, 1.54) is 0 Å². The van der Waals surface area contributed by atoms with E-state index in [1.807, 2.05) is 0 Å². The van der Waals surface area contributed by atoms with Crippen LogP contribution in [0.15, 0.2) is 18.2 Å². The predicted molar refractivity (Wildman–Crippen MR) is 54.0 cm³/mol. The van der Waals surface area contributed by atoms with Crippen molar-refractivity contribution in [1.82, 2.24) is 15.2 Å². The van der Waals surface area contributed by atoms with Crippen molar-refractivity contribution in [1.29, 1.82) is 0 Å². The highest BCUT2D eigenvalue weighted by Gasteiger charge is 2.01. The van der Waals surface area contributed by atoms with Gasteiger partial charge in [-0.2, -0.15) is 0 Å². The molecule has 1 aromatic heterocycles. The Morgan fingerprint density at radius 1 is 1.31 bits per heavy atom. The molecule has 1 heterocycles. The van der Waals surface area contributed by atoms with Gasteiger partial charge in [0.2, 0.25) is 0 Å². The van der Waals surface area contributed by atoms with Crippen molar-refractivity contribution in [3.05, 3.63) is 23.2 Å². The molecular formula is C6H7ClN3O5P. The minimum Gasteiger partial charge on any atom is -0.410 e. The summed E-state index contributed by atoms with van der Waals surface area (Å²) >= 11 is 5.67. The zero-order valence-electron chi connectivity index (χ0n) is 7.60. The van der Waals surface area contributed by atoms with E-state index < -0.39 is 7.82 Å². The summed E-state index contributed by atoms with van der Waals surface area (Å²) in [6, 6.07) is 4.98. The van der Waals surface area contributed by atoms with Crippen molar-refractivity contribution in [3.8, 4) is 0 Å². The minimum absolute atomic E-state index is 0.512. The number of hydrogen-bond donors (Lipinski definition) is 4. The molecule has 8 nitrogen and oxygen atoms in total. The highest BCUT2D eigenvalue weighted by atomic mass is 35.5. The molecule has 0 bridgehead atoms. The van der Waals surface area contributed by atoms with E-state index in [9.17, 15) is 0 Å². The lowest BCUT2D eigenvalue weighted by Gasteiger charge is -1.89. The molecule has 0 atom stereocenters. The first-order chi connectivity index (χ1) is 7.27. The third kappa shape index (κ3) is 4.13. The van der Waals surface area contributed by atoms with Crippen molar-refractivity contribution >= 4 is 30.5 Å². The molecule has 16 heavy (non-hydrogen) atoms. The van der Waals surface area contributed by atoms with Gasteiger partial charge in [-0.15, -0.1) is 5.10 Å². The van der Waals surface area contributed by atoms with E-state index in [0.717, 1.165) is 0 Å². The first kappa shape index (κ1) is 12.9. The number of phosphoric acid groups is 1. The van der Waals surface area contributed by atoms with Crippen molar-refractivity contribution in [2.45, 2.75) is 0 Å². The molecule has 0 fully saturated rings. The molecular weight excluding hydrogens is 261 g/mol. The third-order valence-electron chi connectivity index (χ3n) is 1.39. The van der Waals surface area contributed by atoms with E-state index >= 15 is 0 Å². The lowest BCUT2D eigenvalue weighted by atomic mass is 10.3. The second kappa shape index (κ2) is 4.77. The standard InChI is InChI=1S/C6H4ClN3O.H3O4P/c7-4-1-2-5-6(3-4)10(11)9-8-5;1-5(2,3)4/h1-3,11H;(H3,1,2,3,4). The number of rotatable bonds is 0. The van der Waals surface area contributed by atoms with Gasteiger partial charge in [-0.3, -0.25) is 0 Å². The molecule has 4 N–H and O–H groups in total. The topological polar surface area (TPSA) is 129 Å². The summed E-state index contributed by atoms with van der Waals surface area (Å²) in [4.78, 5) is 22.3. The average molecular weight is 268 g/mol. The normalized spacial score (nSPS) is 11.0. The fourth-order valence-electron chi connectivity index (χ4n) is 0.880. The van der Waals surface area contributed by atoms with E-state index in [2.05, 4.69) is 10.3 Å². The van der Waals surface area contributed by atoms with Gasteiger partial charge in [0, 0.05) is 5.02 Å². The van der Waals surface area contributed by atoms with E-state index in [-0.39, 0.29) is 0 Å². The van der Waals surface area contributed by atoms with Crippen LogP contribution in [0.25, 0.3) is 11.0 Å². The van der Waals surface area contributed by atoms with Crippen LogP contribution in [0.4, 0.5) is 0 Å². The molecule has 0 saturated heterocycles. The molecule has 0 amide bonds. The zero-order valence-corrected chi connectivity index (χ0v) is 9.25. The number of fused-ring (bicyclic) bond motifs is 1. The smallest absolute Gasteiger partial charge is 0.410 e. The van der Waals surface area contributed by atoms with Gasteiger partial charge >= 0.3 is 7.82 Å². The van der Waals surface area contributed by atoms with Crippen molar-refractivity contribution in [3.63, 3.8) is 0 Å². The summed E-state index contributed by atoms with van der Waals surface area (Å²) in [5.41, 5.74) is 1.13. The van der Waals surface area contributed by atoms with Crippen LogP contribution in [-0.2, 0) is 4.57 Å². The lowest BCUT2D eigenvalue weighted by Crippen LogP contribution is -1.90. The quantitative estimate of drug-likeness (QED) is 0.401. The molecule has 0 saturated carbocycles. The maximum Gasteiger partial charge on any atom is 0.466 e. The highest BCUT2D eigenvalue weighted by molar-refractivity contribution is 7.45. The summed E-state index contributed by atoms with van der Waals surface area (Å²) in [7, 11) is -4.64. The van der Waals surface area contributed by atoms with Crippen molar-refractivity contribution in [2.75, 3.05) is 0 Å². The number of hydrogen-bond acceptors (Lipinski definition) is 4. The predicted octanol–water partition coefficient (Wildman–Crippen LogP) is 0.393. The maximum absolute atomic E-state index is 9.02. The molecule has 2 rings (SSSR count). The Morgan fingerprint density at radius 3 is 2.44 bits per heavy atom. The van der Waals surface area contributed by atoms with Gasteiger partial charge in [0.1, 0.15) is 11.0 Å². The second-order valence-electron chi connectivity index (χ2n) is 2.63. The molecule has 0 radical (unpaired) electrons. The summed E-state index contributed by atoms with van der Waals surface area (Å²) in [5.74, 6) is 0. The Balaban J connectivity index is 0.000000221. The molecule has 0 aliphatic rings. The largest absolute Gasteiger partial charge is 0.466 e. The van der Waals surface area contributed by atoms with Crippen LogP contribution in [0, 0.1) is 0 Å². The number of nitrogens with zero attached hydrogens (tertiary/aromatic N) is 3. The molecule has 1 aromatic carbocycles. The lowest BCUT2D eigenvalue weighted by molar-refractivity contribution is 0.154. The van der Waals surface area contributed by atoms with Gasteiger partial charge < -0.3 is 19.9 Å². The molecule has 0 aliphatic carbocycles. The Hall–Kier alpha value is -1.18. The van der Waals surface area contributed by atoms with Gasteiger partial charge in [-0.05, 0) is 23.4 Å². The minimum atomic E-state index is -4.64. The Morgan fingerprint density at radius 2 is 1.88 bits per heavy atom. The molecule has 0 unspecified atom stereocenters. The number of benzene rings is 1. The molecule has 88 valence electrons. The monoisotopic (exact) mass is 267 g/mol. The van der Waals surface area contributed by atoms with Gasteiger partial charge in [0.15, 0.2) is 0 Å². The summed E-state index contributed by atoms with van der Waals surface area (Å²) in [6.07, 6.45) is 0. The van der Waals surface area contributed by atoms with Crippen LogP contribution in [0.5, 0.6) is 0 Å². The van der Waals surface area contributed by atoms with Gasteiger partial charge in [0.05, 0.1) is 0 Å². The van der Waals surface area contributed by atoms with E-state index in [4.69, 9.17) is 36.1 Å². The summed E-state index contributed by atoms with van der Waals surface area (Å²) in [6.45, 7) is 0. The van der Waals surface area contributed by atoms with Crippen molar-refractivity contribution in [2.24, 2.45) is 0 Å². The van der Waals surface area contributed by atoms with Crippen LogP contribution in [0.1, 0.15) is 0 Å². The zero-order chi connectivity index (χ0) is 12.3. The first-order valence-corrected chi connectivity index (χ1v) is 5.70. The Labute approximate surface area is 93.9 Å². The van der Waals surface area contributed by atoms with Crippen LogP contribution >= 0.6 is 19.4 Å². The van der Waals surface area contributed by atoms with E-state index in [1.54, 1.807) is 18.2 Å². The Kier molecular flexibility index (Phi) is 3.84. The van der Waals surface area contributed by atoms with Crippen LogP contribution in [0.2, 0.25) is 5.02 Å². The first-order valence-electron chi connectivity index (χ1n) is 3.76.